The van der Waals surface area contributed by atoms with Crippen LogP contribution in [0.25, 0.3) is 0 Å². The number of methoxy groups -OCH3 is 1. The van der Waals surface area contributed by atoms with Crippen molar-refractivity contribution in [3.63, 3.8) is 0 Å². The molecule has 0 aliphatic heterocycles. The Hall–Kier alpha value is -1.96. The van der Waals surface area contributed by atoms with Gasteiger partial charge in [-0.3, -0.25) is 4.79 Å². The van der Waals surface area contributed by atoms with Gasteiger partial charge in [0.1, 0.15) is 11.6 Å². The van der Waals surface area contributed by atoms with Crippen LogP contribution in [0.15, 0.2) is 28.8 Å². The molecular weight excluding hydrogens is 314 g/mol. The molecule has 1 aromatic heterocycles. The van der Waals surface area contributed by atoms with Gasteiger partial charge in [0.25, 0.3) is 5.91 Å². The second-order valence-electron chi connectivity index (χ2n) is 4.12. The van der Waals surface area contributed by atoms with Crippen molar-refractivity contribution in [3.8, 4) is 0 Å². The first-order valence-corrected chi connectivity index (χ1v) is 6.65. The molecule has 0 saturated carbocycles. The molecule has 0 spiro atoms. The third-order valence-electron chi connectivity index (χ3n) is 2.58. The van der Waals surface area contributed by atoms with Gasteiger partial charge in [0.05, 0.1) is 10.7 Å². The highest BCUT2D eigenvalue weighted by molar-refractivity contribution is 7.80. The molecule has 2 aromatic rings. The quantitative estimate of drug-likeness (QED) is 0.820. The van der Waals surface area contributed by atoms with E-state index in [1.807, 2.05) is 0 Å². The molecule has 2 rings (SSSR count). The van der Waals surface area contributed by atoms with Crippen LogP contribution in [0.5, 0.6) is 0 Å². The highest BCUT2D eigenvalue weighted by Crippen LogP contribution is 2.23. The van der Waals surface area contributed by atoms with Crippen molar-refractivity contribution in [3.05, 3.63) is 46.3 Å². The average Bonchev–Trinajstić information content (AvgIpc) is 2.90. The predicted octanol–water partition coefficient (Wildman–Crippen LogP) is 2.36. The number of nitrogens with zero attached hydrogens (tertiary/aromatic N) is 1. The van der Waals surface area contributed by atoms with Crippen molar-refractivity contribution in [1.82, 2.24) is 5.16 Å². The molecule has 0 saturated heterocycles. The number of ether oxygens (including phenoxy) is 1. The van der Waals surface area contributed by atoms with Gasteiger partial charge in [-0.15, -0.1) is 0 Å². The molecule has 0 aliphatic rings. The molecule has 0 atom stereocenters. The fraction of sp³-hybridized carbons (Fsp3) is 0.154. The smallest absolute Gasteiger partial charge is 0.277 e. The fourth-order valence-electron chi connectivity index (χ4n) is 1.59. The van der Waals surface area contributed by atoms with Crippen LogP contribution >= 0.6 is 23.8 Å². The lowest BCUT2D eigenvalue weighted by molar-refractivity contribution is 0.101. The zero-order valence-electron chi connectivity index (χ0n) is 11.1. The number of hydrogen-bond donors (Lipinski definition) is 2. The Morgan fingerprint density at radius 2 is 2.29 bits per heavy atom. The first kappa shape index (κ1) is 15.4. The van der Waals surface area contributed by atoms with Gasteiger partial charge in [0.2, 0.25) is 0 Å². The number of nitrogens with two attached hydrogens (primary N) is 1. The minimum Gasteiger partial charge on any atom is -0.389 e. The lowest BCUT2D eigenvalue weighted by atomic mass is 10.2. The average molecular weight is 326 g/mol. The van der Waals surface area contributed by atoms with Crippen LogP contribution in [0, 0.1) is 0 Å². The number of anilines is 1. The number of carbonyl (C=O) groups excluding carboxylic acids is 1. The first-order chi connectivity index (χ1) is 10.0. The molecule has 110 valence electrons. The number of halogens is 1. The third-order valence-corrected chi connectivity index (χ3v) is 3.14. The molecule has 21 heavy (non-hydrogen) atoms. The largest absolute Gasteiger partial charge is 0.389 e. The summed E-state index contributed by atoms with van der Waals surface area (Å²) in [7, 11) is 1.52. The fourth-order valence-corrected chi connectivity index (χ4v) is 1.88. The Morgan fingerprint density at radius 1 is 1.52 bits per heavy atom. The van der Waals surface area contributed by atoms with Gasteiger partial charge < -0.3 is 20.3 Å². The third kappa shape index (κ3) is 3.78. The van der Waals surface area contributed by atoms with E-state index in [9.17, 15) is 4.79 Å². The SMILES string of the molecule is COCc1cc(C(=O)Nc2cc(C(N)=S)ccc2Cl)no1. The molecule has 0 unspecified atom stereocenters. The van der Waals surface area contributed by atoms with Crippen molar-refractivity contribution < 1.29 is 14.1 Å². The summed E-state index contributed by atoms with van der Waals surface area (Å²) in [6.07, 6.45) is 0. The van der Waals surface area contributed by atoms with Gasteiger partial charge >= 0.3 is 0 Å². The van der Waals surface area contributed by atoms with E-state index < -0.39 is 5.91 Å². The van der Waals surface area contributed by atoms with Crippen molar-refractivity contribution >= 4 is 40.4 Å². The molecular formula is C13H12ClN3O3S. The van der Waals surface area contributed by atoms with Crippen molar-refractivity contribution in [2.75, 3.05) is 12.4 Å². The summed E-state index contributed by atoms with van der Waals surface area (Å²) in [6, 6.07) is 6.36. The monoisotopic (exact) mass is 325 g/mol. The zero-order chi connectivity index (χ0) is 15.4. The molecule has 1 amide bonds. The number of benzene rings is 1. The van der Waals surface area contributed by atoms with Gasteiger partial charge in [-0.2, -0.15) is 0 Å². The molecule has 8 heteroatoms. The van der Waals surface area contributed by atoms with Crippen LogP contribution in [-0.2, 0) is 11.3 Å². The number of thiocarbonyl (C=S) groups is 1. The molecule has 0 bridgehead atoms. The summed E-state index contributed by atoms with van der Waals surface area (Å²) in [5.74, 6) is -0.00581. The highest BCUT2D eigenvalue weighted by Gasteiger charge is 2.14. The number of aromatic nitrogens is 1. The van der Waals surface area contributed by atoms with E-state index >= 15 is 0 Å². The second kappa shape index (κ2) is 6.66. The van der Waals surface area contributed by atoms with Crippen LogP contribution in [0.3, 0.4) is 0 Å². The molecule has 1 aromatic carbocycles. The van der Waals surface area contributed by atoms with E-state index in [0.29, 0.717) is 22.0 Å². The Kier molecular flexibility index (Phi) is 4.89. The number of carbonyl (C=O) groups is 1. The minimum atomic E-state index is -0.455. The minimum absolute atomic E-state index is 0.124. The van der Waals surface area contributed by atoms with Crippen LogP contribution < -0.4 is 11.1 Å². The van der Waals surface area contributed by atoms with Gasteiger partial charge in [0, 0.05) is 18.7 Å². The molecule has 3 N–H and O–H groups in total. The normalized spacial score (nSPS) is 10.4. The maximum absolute atomic E-state index is 12.1. The highest BCUT2D eigenvalue weighted by atomic mass is 35.5. The van der Waals surface area contributed by atoms with Gasteiger partial charge in [-0.1, -0.05) is 35.0 Å². The van der Waals surface area contributed by atoms with Gasteiger partial charge in [-0.25, -0.2) is 0 Å². The molecule has 1 heterocycles. The van der Waals surface area contributed by atoms with Crippen molar-refractivity contribution in [1.29, 1.82) is 0 Å². The second-order valence-corrected chi connectivity index (χ2v) is 4.97. The standard InChI is InChI=1S/C13H12ClN3O3S/c1-19-6-8-5-11(17-20-8)13(18)16-10-4-7(12(15)21)2-3-9(10)14/h2-5H,6H2,1H3,(H2,15,21)(H,16,18). The summed E-state index contributed by atoms with van der Waals surface area (Å²) >= 11 is 10.9. The molecule has 0 fully saturated rings. The Morgan fingerprint density at radius 3 is 2.95 bits per heavy atom. The van der Waals surface area contributed by atoms with Crippen molar-refractivity contribution in [2.24, 2.45) is 5.73 Å². The van der Waals surface area contributed by atoms with E-state index in [0.717, 1.165) is 0 Å². The van der Waals surface area contributed by atoms with E-state index in [1.165, 1.54) is 13.2 Å². The Labute approximate surface area is 131 Å². The summed E-state index contributed by atoms with van der Waals surface area (Å²) in [5.41, 5.74) is 6.66. The number of nitrogens with one attached hydrogen (secondary N) is 1. The number of rotatable bonds is 5. The Bertz CT molecular complexity index is 687. The molecule has 0 radical (unpaired) electrons. The first-order valence-electron chi connectivity index (χ1n) is 5.86. The van der Waals surface area contributed by atoms with Crippen LogP contribution in [0.1, 0.15) is 21.8 Å². The molecule has 0 aliphatic carbocycles. The molecule has 6 nitrogen and oxygen atoms in total. The lowest BCUT2D eigenvalue weighted by Crippen LogP contribution is -2.14. The van der Waals surface area contributed by atoms with Crippen LogP contribution in [0.4, 0.5) is 5.69 Å². The van der Waals surface area contributed by atoms with Crippen LogP contribution in [0.2, 0.25) is 5.02 Å². The zero-order valence-corrected chi connectivity index (χ0v) is 12.6. The van der Waals surface area contributed by atoms with E-state index in [4.69, 9.17) is 38.8 Å². The lowest BCUT2D eigenvalue weighted by Gasteiger charge is -2.07. The van der Waals surface area contributed by atoms with Crippen LogP contribution in [-0.4, -0.2) is 23.2 Å². The number of amides is 1. The topological polar surface area (TPSA) is 90.4 Å². The summed E-state index contributed by atoms with van der Waals surface area (Å²) < 4.78 is 9.83. The summed E-state index contributed by atoms with van der Waals surface area (Å²) in [4.78, 5) is 12.3. The predicted molar refractivity (Wildman–Crippen MR) is 82.5 cm³/mol. The summed E-state index contributed by atoms with van der Waals surface area (Å²) in [6.45, 7) is 0.234. The maximum atomic E-state index is 12.1. The maximum Gasteiger partial charge on any atom is 0.277 e. The van der Waals surface area contributed by atoms with Gasteiger partial charge in [-0.05, 0) is 12.1 Å². The summed E-state index contributed by atoms with van der Waals surface area (Å²) in [5, 5.41) is 6.65. The van der Waals surface area contributed by atoms with Gasteiger partial charge in [0.15, 0.2) is 11.5 Å². The number of hydrogen-bond acceptors (Lipinski definition) is 5. The Balaban J connectivity index is 2.18. The van der Waals surface area contributed by atoms with E-state index in [-0.39, 0.29) is 17.3 Å². The van der Waals surface area contributed by atoms with E-state index in [1.54, 1.807) is 18.2 Å². The van der Waals surface area contributed by atoms with E-state index in [2.05, 4.69) is 10.5 Å². The van der Waals surface area contributed by atoms with Crippen molar-refractivity contribution in [2.45, 2.75) is 6.61 Å².